The van der Waals surface area contributed by atoms with Crippen LogP contribution in [0.2, 0.25) is 0 Å². The predicted octanol–water partition coefficient (Wildman–Crippen LogP) is 3.41. The molecular weight excluding hydrogens is 438 g/mol. The molecule has 0 spiro atoms. The van der Waals surface area contributed by atoms with Gasteiger partial charge in [0, 0.05) is 12.6 Å². The molecule has 2 aliphatic heterocycles. The lowest BCUT2D eigenvalue weighted by molar-refractivity contribution is -0.136. The quantitative estimate of drug-likeness (QED) is 0.646. The molecule has 178 valence electrons. The number of amides is 1. The Kier molecular flexibility index (Phi) is 7.07. The molecule has 2 heterocycles. The number of hydrogen-bond donors (Lipinski definition) is 0. The molecule has 8 heteroatoms. The third-order valence-corrected chi connectivity index (χ3v) is 8.43. The van der Waals surface area contributed by atoms with Crippen LogP contribution in [-0.2, 0) is 14.8 Å². The summed E-state index contributed by atoms with van der Waals surface area (Å²) in [6, 6.07) is 13.9. The molecular formula is C25H33N3O4S. The van der Waals surface area contributed by atoms with E-state index < -0.39 is 16.2 Å². The number of aryl methyl sites for hydroxylation is 1. The molecule has 0 unspecified atom stereocenters. The zero-order valence-electron chi connectivity index (χ0n) is 19.6. The van der Waals surface area contributed by atoms with Crippen molar-refractivity contribution in [2.75, 3.05) is 33.3 Å². The van der Waals surface area contributed by atoms with Crippen molar-refractivity contribution in [2.24, 2.45) is 0 Å². The predicted molar refractivity (Wildman–Crippen MR) is 127 cm³/mol. The highest BCUT2D eigenvalue weighted by Crippen LogP contribution is 2.38. The Morgan fingerprint density at radius 1 is 1.00 bits per heavy atom. The SMILES string of the molecule is COc1ccc([C@@H]2N(C(=O)CN3CCCCC3)[C@@H](C)CN2S(=O)(=O)c2ccc(C)cc2)cc1. The lowest BCUT2D eigenvalue weighted by Crippen LogP contribution is -2.45. The maximum Gasteiger partial charge on any atom is 0.245 e. The third kappa shape index (κ3) is 4.93. The summed E-state index contributed by atoms with van der Waals surface area (Å²) in [5, 5.41) is 0. The Balaban J connectivity index is 1.70. The molecule has 1 amide bonds. The van der Waals surface area contributed by atoms with Gasteiger partial charge in [-0.3, -0.25) is 9.69 Å². The van der Waals surface area contributed by atoms with Crippen molar-refractivity contribution in [3.8, 4) is 5.75 Å². The van der Waals surface area contributed by atoms with E-state index in [1.54, 1.807) is 36.3 Å². The van der Waals surface area contributed by atoms with Crippen molar-refractivity contribution in [3.63, 3.8) is 0 Å². The smallest absolute Gasteiger partial charge is 0.245 e. The summed E-state index contributed by atoms with van der Waals surface area (Å²) in [5.74, 6) is 0.649. The van der Waals surface area contributed by atoms with Crippen molar-refractivity contribution >= 4 is 15.9 Å². The Bertz CT molecular complexity index is 1060. The minimum atomic E-state index is -3.81. The number of carbonyl (C=O) groups is 1. The molecule has 2 saturated heterocycles. The van der Waals surface area contributed by atoms with E-state index in [1.807, 2.05) is 38.1 Å². The van der Waals surface area contributed by atoms with Gasteiger partial charge in [-0.1, -0.05) is 36.2 Å². The number of rotatable bonds is 6. The van der Waals surface area contributed by atoms with Crippen molar-refractivity contribution < 1.29 is 17.9 Å². The average molecular weight is 472 g/mol. The topological polar surface area (TPSA) is 70.2 Å². The van der Waals surface area contributed by atoms with E-state index in [0.717, 1.165) is 37.1 Å². The first-order chi connectivity index (χ1) is 15.8. The van der Waals surface area contributed by atoms with E-state index in [2.05, 4.69) is 4.90 Å². The number of nitrogens with zero attached hydrogens (tertiary/aromatic N) is 3. The molecule has 2 atom stereocenters. The molecule has 2 aromatic carbocycles. The number of carbonyl (C=O) groups excluding carboxylic acids is 1. The van der Waals surface area contributed by atoms with Gasteiger partial charge in [0.15, 0.2) is 0 Å². The Hall–Kier alpha value is -2.42. The zero-order valence-corrected chi connectivity index (χ0v) is 20.4. The standard InChI is InChI=1S/C25H33N3O4S/c1-19-7-13-23(14-8-19)33(30,31)27-17-20(2)28(24(29)18-26-15-5-4-6-16-26)25(27)21-9-11-22(32-3)12-10-21/h7-14,20,25H,4-6,15-18H2,1-3H3/t20-,25-/m0/s1. The van der Waals surface area contributed by atoms with Gasteiger partial charge in [-0.2, -0.15) is 4.31 Å². The van der Waals surface area contributed by atoms with Gasteiger partial charge in [0.05, 0.1) is 18.6 Å². The molecule has 0 radical (unpaired) electrons. The summed E-state index contributed by atoms with van der Waals surface area (Å²) in [5.41, 5.74) is 1.75. The van der Waals surface area contributed by atoms with Crippen molar-refractivity contribution in [3.05, 3.63) is 59.7 Å². The first-order valence-corrected chi connectivity index (χ1v) is 13.0. The fourth-order valence-electron chi connectivity index (χ4n) is 4.78. The van der Waals surface area contributed by atoms with Crippen LogP contribution in [0.15, 0.2) is 53.4 Å². The minimum Gasteiger partial charge on any atom is -0.497 e. The summed E-state index contributed by atoms with van der Waals surface area (Å²) in [6.07, 6.45) is 2.69. The van der Waals surface area contributed by atoms with Gasteiger partial charge < -0.3 is 9.64 Å². The van der Waals surface area contributed by atoms with E-state index in [1.165, 1.54) is 10.7 Å². The van der Waals surface area contributed by atoms with E-state index >= 15 is 0 Å². The second kappa shape index (κ2) is 9.83. The number of benzene rings is 2. The summed E-state index contributed by atoms with van der Waals surface area (Å²) >= 11 is 0. The third-order valence-electron chi connectivity index (χ3n) is 6.59. The molecule has 0 bridgehead atoms. The lowest BCUT2D eigenvalue weighted by Gasteiger charge is -2.34. The maximum atomic E-state index is 13.7. The fourth-order valence-corrected chi connectivity index (χ4v) is 6.43. The van der Waals surface area contributed by atoms with Gasteiger partial charge in [-0.15, -0.1) is 0 Å². The highest BCUT2D eigenvalue weighted by atomic mass is 32.2. The summed E-state index contributed by atoms with van der Waals surface area (Å²) in [6.45, 7) is 6.23. The summed E-state index contributed by atoms with van der Waals surface area (Å²) in [7, 11) is -2.21. The number of ether oxygens (including phenoxy) is 1. The monoisotopic (exact) mass is 471 g/mol. The largest absolute Gasteiger partial charge is 0.497 e. The number of methoxy groups -OCH3 is 1. The summed E-state index contributed by atoms with van der Waals surface area (Å²) < 4.78 is 34.2. The number of likely N-dealkylation sites (tertiary alicyclic amines) is 1. The van der Waals surface area contributed by atoms with Crippen molar-refractivity contribution in [2.45, 2.75) is 50.2 Å². The molecule has 0 aliphatic carbocycles. The van der Waals surface area contributed by atoms with Crippen LogP contribution in [0.3, 0.4) is 0 Å². The van der Waals surface area contributed by atoms with Crippen molar-refractivity contribution in [1.29, 1.82) is 0 Å². The van der Waals surface area contributed by atoms with E-state index in [9.17, 15) is 13.2 Å². The maximum absolute atomic E-state index is 13.7. The Morgan fingerprint density at radius 3 is 2.24 bits per heavy atom. The Morgan fingerprint density at radius 2 is 1.64 bits per heavy atom. The Labute approximate surface area is 197 Å². The van der Waals surface area contributed by atoms with Gasteiger partial charge in [-0.25, -0.2) is 8.42 Å². The van der Waals surface area contributed by atoms with E-state index in [0.29, 0.717) is 12.3 Å². The van der Waals surface area contributed by atoms with Crippen LogP contribution in [0.1, 0.15) is 43.5 Å². The van der Waals surface area contributed by atoms with Crippen molar-refractivity contribution in [1.82, 2.24) is 14.1 Å². The average Bonchev–Trinajstić information content (AvgIpc) is 3.18. The first-order valence-electron chi connectivity index (χ1n) is 11.6. The highest BCUT2D eigenvalue weighted by molar-refractivity contribution is 7.89. The molecule has 2 aromatic rings. The van der Waals surface area contributed by atoms with Crippen LogP contribution in [0.5, 0.6) is 5.75 Å². The second-order valence-corrected chi connectivity index (χ2v) is 10.9. The zero-order chi connectivity index (χ0) is 23.6. The van der Waals surface area contributed by atoms with E-state index in [-0.39, 0.29) is 23.4 Å². The molecule has 33 heavy (non-hydrogen) atoms. The highest BCUT2D eigenvalue weighted by Gasteiger charge is 2.47. The van der Waals surface area contributed by atoms with Crippen LogP contribution in [0.4, 0.5) is 0 Å². The normalized spacial score (nSPS) is 22.5. The molecule has 7 nitrogen and oxygen atoms in total. The van der Waals surface area contributed by atoms with Gasteiger partial charge in [0.25, 0.3) is 0 Å². The summed E-state index contributed by atoms with van der Waals surface area (Å²) in [4.78, 5) is 17.7. The minimum absolute atomic E-state index is 0.0353. The van der Waals surface area contributed by atoms with Crippen LogP contribution in [-0.4, -0.2) is 67.8 Å². The number of piperidine rings is 1. The van der Waals surface area contributed by atoms with Gasteiger partial charge in [0.1, 0.15) is 11.9 Å². The van der Waals surface area contributed by atoms with Crippen LogP contribution >= 0.6 is 0 Å². The first kappa shape index (κ1) is 23.7. The van der Waals surface area contributed by atoms with Gasteiger partial charge >= 0.3 is 0 Å². The number of hydrogen-bond acceptors (Lipinski definition) is 5. The van der Waals surface area contributed by atoms with E-state index in [4.69, 9.17) is 4.74 Å². The van der Waals surface area contributed by atoms with Crippen LogP contribution in [0, 0.1) is 6.92 Å². The van der Waals surface area contributed by atoms with Crippen LogP contribution in [0.25, 0.3) is 0 Å². The molecule has 0 N–H and O–H groups in total. The van der Waals surface area contributed by atoms with Gasteiger partial charge in [0.2, 0.25) is 15.9 Å². The fraction of sp³-hybridized carbons (Fsp3) is 0.480. The molecule has 4 rings (SSSR count). The molecule has 0 aromatic heterocycles. The molecule has 2 fully saturated rings. The number of sulfonamides is 1. The molecule has 0 saturated carbocycles. The molecule has 2 aliphatic rings. The lowest BCUT2D eigenvalue weighted by atomic mass is 10.1. The van der Waals surface area contributed by atoms with Crippen LogP contribution < -0.4 is 4.74 Å². The van der Waals surface area contributed by atoms with Gasteiger partial charge in [-0.05, 0) is 69.6 Å². The second-order valence-electron chi connectivity index (χ2n) is 9.02.